The summed E-state index contributed by atoms with van der Waals surface area (Å²) in [4.78, 5) is 0. The lowest BCUT2D eigenvalue weighted by Crippen LogP contribution is -2.28. The normalized spacial score (nSPS) is 33.1. The summed E-state index contributed by atoms with van der Waals surface area (Å²) in [6.45, 7) is 6.90. The van der Waals surface area contributed by atoms with E-state index in [0.29, 0.717) is 6.10 Å². The van der Waals surface area contributed by atoms with Crippen LogP contribution in [0.1, 0.15) is 77.6 Å². The molecule has 2 aliphatic rings. The third-order valence-corrected chi connectivity index (χ3v) is 5.85. The van der Waals surface area contributed by atoms with Crippen LogP contribution in [0.5, 0.6) is 0 Å². The Labute approximate surface area is 138 Å². The molecule has 0 radical (unpaired) electrons. The molecule has 1 nitrogen and oxygen atoms in total. The van der Waals surface area contributed by atoms with E-state index in [9.17, 15) is 0 Å². The molecule has 2 rings (SSSR count). The zero-order valence-electron chi connectivity index (χ0n) is 14.6. The lowest BCUT2D eigenvalue weighted by Gasteiger charge is -2.37. The summed E-state index contributed by atoms with van der Waals surface area (Å²) in [7, 11) is 0. The summed E-state index contributed by atoms with van der Waals surface area (Å²) in [5, 5.41) is 0. The van der Waals surface area contributed by atoms with Crippen LogP contribution in [0.3, 0.4) is 0 Å². The molecule has 0 atom stereocenters. The standard InChI is InChI=1S/C21H36O/c1-3-5-6-7-8-18-9-11-19(12-10-18)20-13-15-21(16-14-20)22-17-4-2/h3,5-6,18-21H,1,4,7-17H2,2H3. The molecular weight excluding hydrogens is 268 g/mol. The molecule has 0 aromatic heterocycles. The second-order valence-electron chi connectivity index (χ2n) is 7.43. The lowest BCUT2D eigenvalue weighted by molar-refractivity contribution is 0.00730. The molecule has 0 aliphatic heterocycles. The molecule has 0 aromatic rings. The van der Waals surface area contributed by atoms with Crippen molar-refractivity contribution in [1.29, 1.82) is 0 Å². The average molecular weight is 305 g/mol. The first-order chi connectivity index (χ1) is 10.8. The van der Waals surface area contributed by atoms with Crippen LogP contribution in [0, 0.1) is 17.8 Å². The van der Waals surface area contributed by atoms with Crippen LogP contribution in [-0.2, 0) is 4.74 Å². The molecule has 0 bridgehead atoms. The van der Waals surface area contributed by atoms with Gasteiger partial charge in [0.15, 0.2) is 0 Å². The lowest BCUT2D eigenvalue weighted by atomic mass is 9.70. The summed E-state index contributed by atoms with van der Waals surface area (Å²) in [5.74, 6) is 3.00. The molecule has 2 saturated carbocycles. The fraction of sp³-hybridized carbons (Fsp3) is 0.810. The molecule has 22 heavy (non-hydrogen) atoms. The van der Waals surface area contributed by atoms with Gasteiger partial charge in [0.25, 0.3) is 0 Å². The third-order valence-electron chi connectivity index (χ3n) is 5.85. The van der Waals surface area contributed by atoms with Crippen LogP contribution in [-0.4, -0.2) is 12.7 Å². The monoisotopic (exact) mass is 304 g/mol. The molecule has 0 spiro atoms. The third kappa shape index (κ3) is 5.91. The summed E-state index contributed by atoms with van der Waals surface area (Å²) >= 11 is 0. The minimum Gasteiger partial charge on any atom is -0.378 e. The Morgan fingerprint density at radius 2 is 1.59 bits per heavy atom. The maximum absolute atomic E-state index is 5.94. The van der Waals surface area contributed by atoms with Crippen molar-refractivity contribution in [3.05, 3.63) is 24.8 Å². The van der Waals surface area contributed by atoms with Gasteiger partial charge in [0.05, 0.1) is 6.10 Å². The fourth-order valence-electron chi connectivity index (χ4n) is 4.48. The van der Waals surface area contributed by atoms with Crippen LogP contribution >= 0.6 is 0 Å². The smallest absolute Gasteiger partial charge is 0.0575 e. The Hall–Kier alpha value is -0.560. The van der Waals surface area contributed by atoms with Crippen molar-refractivity contribution in [3.8, 4) is 0 Å². The van der Waals surface area contributed by atoms with E-state index in [1.807, 2.05) is 6.08 Å². The zero-order chi connectivity index (χ0) is 15.6. The van der Waals surface area contributed by atoms with Crippen LogP contribution in [0.2, 0.25) is 0 Å². The van der Waals surface area contributed by atoms with Gasteiger partial charge in [-0.1, -0.05) is 44.6 Å². The van der Waals surface area contributed by atoms with E-state index in [1.165, 1.54) is 64.2 Å². The Morgan fingerprint density at radius 1 is 0.955 bits per heavy atom. The van der Waals surface area contributed by atoms with Gasteiger partial charge in [-0.15, -0.1) is 0 Å². The first-order valence-corrected chi connectivity index (χ1v) is 9.72. The minimum atomic E-state index is 0.573. The molecule has 0 saturated heterocycles. The van der Waals surface area contributed by atoms with Crippen molar-refractivity contribution < 1.29 is 4.74 Å². The van der Waals surface area contributed by atoms with Gasteiger partial charge in [0, 0.05) is 6.61 Å². The van der Waals surface area contributed by atoms with E-state index in [0.717, 1.165) is 30.8 Å². The van der Waals surface area contributed by atoms with Gasteiger partial charge in [-0.2, -0.15) is 0 Å². The molecular formula is C21H36O. The SMILES string of the molecule is C=CC=CCCC1CCC(C2CCC(OCCC)CC2)CC1. The Kier molecular flexibility index (Phi) is 8.30. The second-order valence-corrected chi connectivity index (χ2v) is 7.43. The Balaban J connectivity index is 1.61. The number of hydrogen-bond acceptors (Lipinski definition) is 1. The van der Waals surface area contributed by atoms with Crippen molar-refractivity contribution in [2.45, 2.75) is 83.7 Å². The summed E-state index contributed by atoms with van der Waals surface area (Å²) < 4.78 is 5.94. The van der Waals surface area contributed by atoms with E-state index in [1.54, 1.807) is 0 Å². The average Bonchev–Trinajstić information content (AvgIpc) is 2.58. The van der Waals surface area contributed by atoms with Crippen LogP contribution in [0.25, 0.3) is 0 Å². The molecule has 0 unspecified atom stereocenters. The van der Waals surface area contributed by atoms with E-state index in [-0.39, 0.29) is 0 Å². The van der Waals surface area contributed by atoms with Gasteiger partial charge in [0.1, 0.15) is 0 Å². The highest BCUT2D eigenvalue weighted by molar-refractivity contribution is 4.97. The largest absolute Gasteiger partial charge is 0.378 e. The van der Waals surface area contributed by atoms with Gasteiger partial charge in [-0.25, -0.2) is 0 Å². The molecule has 126 valence electrons. The van der Waals surface area contributed by atoms with Crippen molar-refractivity contribution in [3.63, 3.8) is 0 Å². The topological polar surface area (TPSA) is 9.23 Å². The predicted molar refractivity (Wildman–Crippen MR) is 96.0 cm³/mol. The van der Waals surface area contributed by atoms with Crippen molar-refractivity contribution in [1.82, 2.24) is 0 Å². The molecule has 0 N–H and O–H groups in total. The van der Waals surface area contributed by atoms with Gasteiger partial charge in [-0.05, 0) is 75.5 Å². The predicted octanol–water partition coefficient (Wildman–Crippen LogP) is 6.30. The summed E-state index contributed by atoms with van der Waals surface area (Å²) in [6, 6.07) is 0. The van der Waals surface area contributed by atoms with Crippen molar-refractivity contribution >= 4 is 0 Å². The summed E-state index contributed by atoms with van der Waals surface area (Å²) in [5.41, 5.74) is 0. The van der Waals surface area contributed by atoms with E-state index in [4.69, 9.17) is 4.74 Å². The minimum absolute atomic E-state index is 0.573. The number of rotatable bonds is 8. The highest BCUT2D eigenvalue weighted by Gasteiger charge is 2.30. The van der Waals surface area contributed by atoms with Crippen LogP contribution in [0.15, 0.2) is 24.8 Å². The quantitative estimate of drug-likeness (QED) is 0.478. The molecule has 0 aromatic carbocycles. The van der Waals surface area contributed by atoms with Gasteiger partial charge in [0.2, 0.25) is 0 Å². The molecule has 0 amide bonds. The molecule has 0 heterocycles. The maximum Gasteiger partial charge on any atom is 0.0575 e. The number of ether oxygens (including phenoxy) is 1. The molecule has 2 fully saturated rings. The van der Waals surface area contributed by atoms with E-state index < -0.39 is 0 Å². The van der Waals surface area contributed by atoms with Crippen molar-refractivity contribution in [2.24, 2.45) is 17.8 Å². The maximum atomic E-state index is 5.94. The van der Waals surface area contributed by atoms with Gasteiger partial charge < -0.3 is 4.74 Å². The van der Waals surface area contributed by atoms with E-state index >= 15 is 0 Å². The Morgan fingerprint density at radius 3 is 2.18 bits per heavy atom. The van der Waals surface area contributed by atoms with Crippen LogP contribution < -0.4 is 0 Å². The highest BCUT2D eigenvalue weighted by Crippen LogP contribution is 2.41. The van der Waals surface area contributed by atoms with Gasteiger partial charge in [-0.3, -0.25) is 0 Å². The molecule has 2 aliphatic carbocycles. The number of allylic oxidation sites excluding steroid dienone is 3. The number of hydrogen-bond donors (Lipinski definition) is 0. The van der Waals surface area contributed by atoms with Gasteiger partial charge >= 0.3 is 0 Å². The molecule has 1 heteroatoms. The Bertz CT molecular complexity index is 317. The zero-order valence-corrected chi connectivity index (χ0v) is 14.6. The van der Waals surface area contributed by atoms with Crippen LogP contribution in [0.4, 0.5) is 0 Å². The first kappa shape index (κ1) is 17.8. The first-order valence-electron chi connectivity index (χ1n) is 9.72. The fourth-order valence-corrected chi connectivity index (χ4v) is 4.48. The highest BCUT2D eigenvalue weighted by atomic mass is 16.5. The van der Waals surface area contributed by atoms with Crippen molar-refractivity contribution in [2.75, 3.05) is 6.61 Å². The summed E-state index contributed by atoms with van der Waals surface area (Å²) in [6.07, 6.45) is 22.0. The van der Waals surface area contributed by atoms with E-state index in [2.05, 4.69) is 25.7 Å². The second kappa shape index (κ2) is 10.3.